The summed E-state index contributed by atoms with van der Waals surface area (Å²) in [5, 5.41) is 2.69. The predicted molar refractivity (Wildman–Crippen MR) is 81.3 cm³/mol. The summed E-state index contributed by atoms with van der Waals surface area (Å²) in [6.45, 7) is 4.08. The Hall–Kier alpha value is -2.23. The van der Waals surface area contributed by atoms with Crippen LogP contribution in [0.1, 0.15) is 12.5 Å². The number of amides is 1. The molecule has 2 rings (SSSR count). The molecule has 0 aliphatic carbocycles. The Morgan fingerprint density at radius 2 is 1.59 bits per heavy atom. The van der Waals surface area contributed by atoms with Gasteiger partial charge in [0.1, 0.15) is 13.2 Å². The van der Waals surface area contributed by atoms with Crippen molar-refractivity contribution < 1.29 is 23.7 Å². The first-order chi connectivity index (χ1) is 10.7. The van der Waals surface area contributed by atoms with Crippen molar-refractivity contribution in [2.45, 2.75) is 6.92 Å². The maximum Gasteiger partial charge on any atom is 0.221 e. The van der Waals surface area contributed by atoms with E-state index in [1.165, 1.54) is 6.92 Å². The number of benzene rings is 1. The highest BCUT2D eigenvalue weighted by atomic mass is 16.6. The van der Waals surface area contributed by atoms with Gasteiger partial charge >= 0.3 is 0 Å². The number of terminal acetylenes is 1. The van der Waals surface area contributed by atoms with Crippen LogP contribution in [0.15, 0.2) is 12.1 Å². The highest BCUT2D eigenvalue weighted by Gasteiger charge is 2.13. The summed E-state index contributed by atoms with van der Waals surface area (Å²) in [5.74, 6) is 3.35. The molecule has 0 fully saturated rings. The molecule has 0 spiro atoms. The van der Waals surface area contributed by atoms with Gasteiger partial charge in [0.2, 0.25) is 5.91 Å². The van der Waals surface area contributed by atoms with Gasteiger partial charge in [-0.1, -0.05) is 5.92 Å². The van der Waals surface area contributed by atoms with Gasteiger partial charge in [0.15, 0.2) is 11.5 Å². The molecule has 0 saturated carbocycles. The molecule has 6 nitrogen and oxygen atoms in total. The van der Waals surface area contributed by atoms with E-state index in [9.17, 15) is 4.79 Å². The van der Waals surface area contributed by atoms with Gasteiger partial charge in [-0.2, -0.15) is 0 Å². The quantitative estimate of drug-likeness (QED) is 0.795. The number of anilines is 1. The standard InChI is InChI=1S/C16H19NO5/c1-3-13-10-15-16(11-14(13)17-12(2)18)22-9-7-20-5-4-19-6-8-21-15/h1,10-11H,4-9H2,2H3,(H,17,18). The van der Waals surface area contributed by atoms with Gasteiger partial charge in [0, 0.05) is 19.1 Å². The van der Waals surface area contributed by atoms with Crippen molar-refractivity contribution >= 4 is 11.6 Å². The van der Waals surface area contributed by atoms with Gasteiger partial charge in [0.25, 0.3) is 0 Å². The Morgan fingerprint density at radius 3 is 2.14 bits per heavy atom. The first-order valence-electron chi connectivity index (χ1n) is 7.04. The first kappa shape index (κ1) is 16.1. The molecule has 0 aromatic heterocycles. The van der Waals surface area contributed by atoms with Gasteiger partial charge in [-0.3, -0.25) is 4.79 Å². The van der Waals surface area contributed by atoms with Crippen molar-refractivity contribution in [2.75, 3.05) is 45.0 Å². The molecule has 1 aromatic rings. The van der Waals surface area contributed by atoms with Crippen LogP contribution in [0.4, 0.5) is 5.69 Å². The minimum atomic E-state index is -0.206. The van der Waals surface area contributed by atoms with E-state index < -0.39 is 0 Å². The van der Waals surface area contributed by atoms with Gasteiger partial charge in [0.05, 0.1) is 37.7 Å². The van der Waals surface area contributed by atoms with Gasteiger partial charge in [-0.05, 0) is 0 Å². The van der Waals surface area contributed by atoms with Crippen LogP contribution in [0.5, 0.6) is 11.5 Å². The van der Waals surface area contributed by atoms with Gasteiger partial charge in [-0.15, -0.1) is 6.42 Å². The number of nitrogens with one attached hydrogen (secondary N) is 1. The molecule has 0 radical (unpaired) electrons. The van der Waals surface area contributed by atoms with E-state index in [2.05, 4.69) is 11.2 Å². The van der Waals surface area contributed by atoms with Crippen LogP contribution in [0, 0.1) is 12.3 Å². The SMILES string of the molecule is C#Cc1cc2c(cc1NC(C)=O)OCCOCCOCCO2. The molecule has 1 aromatic carbocycles. The van der Waals surface area contributed by atoms with Crippen LogP contribution in [0.25, 0.3) is 0 Å². The smallest absolute Gasteiger partial charge is 0.221 e. The van der Waals surface area contributed by atoms with Crippen LogP contribution in [-0.2, 0) is 14.3 Å². The maximum atomic E-state index is 11.3. The number of fused-ring (bicyclic) bond motifs is 1. The maximum absolute atomic E-state index is 11.3. The zero-order valence-corrected chi connectivity index (χ0v) is 12.5. The molecule has 0 bridgehead atoms. The van der Waals surface area contributed by atoms with E-state index in [1.807, 2.05) is 0 Å². The molecular formula is C16H19NO5. The minimum Gasteiger partial charge on any atom is -0.487 e. The third-order valence-corrected chi connectivity index (χ3v) is 2.89. The molecule has 1 amide bonds. The number of hydrogen-bond acceptors (Lipinski definition) is 5. The lowest BCUT2D eigenvalue weighted by Crippen LogP contribution is -2.16. The molecule has 0 saturated heterocycles. The highest BCUT2D eigenvalue weighted by molar-refractivity contribution is 5.91. The number of carbonyl (C=O) groups is 1. The van der Waals surface area contributed by atoms with E-state index in [0.717, 1.165) is 0 Å². The summed E-state index contributed by atoms with van der Waals surface area (Å²) in [5.41, 5.74) is 1.04. The summed E-state index contributed by atoms with van der Waals surface area (Å²) < 4.78 is 22.1. The lowest BCUT2D eigenvalue weighted by Gasteiger charge is -2.17. The fourth-order valence-corrected chi connectivity index (χ4v) is 1.94. The van der Waals surface area contributed by atoms with Crippen molar-refractivity contribution in [3.8, 4) is 23.8 Å². The fourth-order valence-electron chi connectivity index (χ4n) is 1.94. The Balaban J connectivity index is 2.26. The summed E-state index contributed by atoms with van der Waals surface area (Å²) in [7, 11) is 0. The van der Waals surface area contributed by atoms with Gasteiger partial charge < -0.3 is 24.3 Å². The van der Waals surface area contributed by atoms with E-state index >= 15 is 0 Å². The van der Waals surface area contributed by atoms with Crippen molar-refractivity contribution in [3.05, 3.63) is 17.7 Å². The predicted octanol–water partition coefficient (Wildman–Crippen LogP) is 1.43. The topological polar surface area (TPSA) is 66.0 Å². The van der Waals surface area contributed by atoms with Crippen LogP contribution in [-0.4, -0.2) is 45.5 Å². The molecule has 1 heterocycles. The Kier molecular flexibility index (Phi) is 6.07. The lowest BCUT2D eigenvalue weighted by molar-refractivity contribution is -0.114. The van der Waals surface area contributed by atoms with Gasteiger partial charge in [-0.25, -0.2) is 0 Å². The highest BCUT2D eigenvalue weighted by Crippen LogP contribution is 2.33. The van der Waals surface area contributed by atoms with Crippen LogP contribution < -0.4 is 14.8 Å². The second kappa shape index (κ2) is 8.27. The molecule has 1 aliphatic heterocycles. The first-order valence-corrected chi connectivity index (χ1v) is 7.04. The molecule has 1 N–H and O–H groups in total. The van der Waals surface area contributed by atoms with Crippen LogP contribution in [0.3, 0.4) is 0 Å². The summed E-state index contributed by atoms with van der Waals surface area (Å²) in [4.78, 5) is 11.3. The molecule has 118 valence electrons. The number of ether oxygens (including phenoxy) is 4. The van der Waals surface area contributed by atoms with Crippen molar-refractivity contribution in [1.82, 2.24) is 0 Å². The summed E-state index contributed by atoms with van der Waals surface area (Å²) >= 11 is 0. The lowest BCUT2D eigenvalue weighted by atomic mass is 10.1. The largest absolute Gasteiger partial charge is 0.487 e. The monoisotopic (exact) mass is 305 g/mol. The van der Waals surface area contributed by atoms with Crippen LogP contribution in [0.2, 0.25) is 0 Å². The number of hydrogen-bond donors (Lipinski definition) is 1. The molecule has 6 heteroatoms. The van der Waals surface area contributed by atoms with E-state index in [-0.39, 0.29) is 5.91 Å². The second-order valence-corrected chi connectivity index (χ2v) is 4.59. The van der Waals surface area contributed by atoms with Crippen molar-refractivity contribution in [2.24, 2.45) is 0 Å². The van der Waals surface area contributed by atoms with E-state index in [0.29, 0.717) is 62.4 Å². The van der Waals surface area contributed by atoms with Crippen molar-refractivity contribution in [3.63, 3.8) is 0 Å². The Labute approximate surface area is 129 Å². The van der Waals surface area contributed by atoms with E-state index in [4.69, 9.17) is 25.4 Å². The fraction of sp³-hybridized carbons (Fsp3) is 0.438. The van der Waals surface area contributed by atoms with Crippen LogP contribution >= 0.6 is 0 Å². The molecule has 0 unspecified atom stereocenters. The van der Waals surface area contributed by atoms with Crippen molar-refractivity contribution in [1.29, 1.82) is 0 Å². The number of rotatable bonds is 1. The Bertz CT molecular complexity index is 564. The zero-order chi connectivity index (χ0) is 15.8. The molecule has 1 aliphatic rings. The van der Waals surface area contributed by atoms with E-state index in [1.54, 1.807) is 12.1 Å². The third-order valence-electron chi connectivity index (χ3n) is 2.89. The Morgan fingerprint density at radius 1 is 1.05 bits per heavy atom. The molecule has 22 heavy (non-hydrogen) atoms. The molecular weight excluding hydrogens is 286 g/mol. The molecule has 0 atom stereocenters. The summed E-state index contributed by atoms with van der Waals surface area (Å²) in [6, 6.07) is 3.34. The normalized spacial score (nSPS) is 15.8. The average molecular weight is 305 g/mol. The second-order valence-electron chi connectivity index (χ2n) is 4.59. The minimum absolute atomic E-state index is 0.206. The zero-order valence-electron chi connectivity index (χ0n) is 12.5. The summed E-state index contributed by atoms with van der Waals surface area (Å²) in [6.07, 6.45) is 5.49. The number of carbonyl (C=O) groups excluding carboxylic acids is 1. The average Bonchev–Trinajstić information content (AvgIpc) is 2.48. The third kappa shape index (κ3) is 4.65.